The largest absolute Gasteiger partial charge is 0.472 e. The first kappa shape index (κ1) is 101. The molecule has 612 valence electrons. The van der Waals surface area contributed by atoms with Crippen LogP contribution in [0.5, 0.6) is 0 Å². The molecule has 0 aliphatic carbocycles. The van der Waals surface area contributed by atoms with E-state index in [4.69, 9.17) is 37.0 Å². The SMILES string of the molecule is CCCCCCCCCCCCCCCCCCCCCCCC(=O)O[C@H](COC(=O)CCCCCCCCCCCCCCCCCC(C)C)COP(=O)(O)OC[C@@H](O)COP(=O)(O)OC[C@@H](COC(=O)CCCCCCCCCCCC(C)C)OC(=O)CCCCCCCCCCCC(C)C. The number of carbonyl (C=O) groups excluding carboxylic acids is 4. The first-order valence-corrected chi connectivity index (χ1v) is 46.3. The van der Waals surface area contributed by atoms with Gasteiger partial charge in [-0.1, -0.05) is 389 Å². The Hall–Kier alpha value is -1.94. The number of ether oxygens (including phenoxy) is 4. The highest BCUT2D eigenvalue weighted by atomic mass is 31.2. The van der Waals surface area contributed by atoms with Gasteiger partial charge < -0.3 is 33.8 Å². The fourth-order valence-electron chi connectivity index (χ4n) is 13.0. The summed E-state index contributed by atoms with van der Waals surface area (Å²) in [5.74, 6) is 0.177. The van der Waals surface area contributed by atoms with Crippen LogP contribution in [0.25, 0.3) is 0 Å². The van der Waals surface area contributed by atoms with E-state index in [0.717, 1.165) is 108 Å². The summed E-state index contributed by atoms with van der Waals surface area (Å²) >= 11 is 0. The molecule has 0 radical (unpaired) electrons. The van der Waals surface area contributed by atoms with E-state index in [2.05, 4.69) is 48.5 Å². The lowest BCUT2D eigenvalue weighted by Gasteiger charge is -2.21. The van der Waals surface area contributed by atoms with Crippen molar-refractivity contribution < 1.29 is 80.2 Å². The zero-order valence-electron chi connectivity index (χ0n) is 67.8. The minimum absolute atomic E-state index is 0.105. The molecule has 0 amide bonds. The summed E-state index contributed by atoms with van der Waals surface area (Å²) in [6.45, 7) is 11.9. The summed E-state index contributed by atoms with van der Waals surface area (Å²) in [6, 6.07) is 0. The quantitative estimate of drug-likeness (QED) is 0.0222. The Kier molecular flexibility index (Phi) is 72.8. The van der Waals surface area contributed by atoms with E-state index < -0.39 is 97.5 Å². The summed E-state index contributed by atoms with van der Waals surface area (Å²) in [5, 5.41) is 10.7. The molecule has 0 aromatic heterocycles. The van der Waals surface area contributed by atoms with Gasteiger partial charge in [0.1, 0.15) is 19.3 Å². The molecule has 19 heteroatoms. The van der Waals surface area contributed by atoms with Crippen molar-refractivity contribution in [2.24, 2.45) is 17.8 Å². The van der Waals surface area contributed by atoms with Gasteiger partial charge in [0.25, 0.3) is 0 Å². The van der Waals surface area contributed by atoms with Crippen LogP contribution < -0.4 is 0 Å². The number of hydrogen-bond acceptors (Lipinski definition) is 15. The molecule has 0 rings (SSSR count). The van der Waals surface area contributed by atoms with Gasteiger partial charge in [-0.15, -0.1) is 0 Å². The number of unbranched alkanes of at least 4 members (excludes halogenated alkanes) is 50. The molecule has 0 fully saturated rings. The smallest absolute Gasteiger partial charge is 0.462 e. The van der Waals surface area contributed by atoms with Crippen molar-refractivity contribution in [3.8, 4) is 0 Å². The minimum Gasteiger partial charge on any atom is -0.462 e. The standard InChI is InChI=1S/C84H164O17P2/c1-8-9-10-11-12-13-14-15-16-17-18-19-20-21-24-28-31-38-46-53-60-67-83(88)100-79(71-94-81(86)65-58-51-44-37-30-27-25-22-23-26-29-34-41-48-55-62-75(2)3)73-98-102(90,91)96-69-78(85)70-97-103(92,93)99-74-80(101-84(89)68-61-54-47-40-33-36-43-50-57-64-77(6)7)72-95-82(87)66-59-52-45-39-32-35-42-49-56-63-76(4)5/h75-80,85H,8-74H2,1-7H3,(H,90,91)(H,92,93)/t78-,79-,80-/m1/s1. The van der Waals surface area contributed by atoms with Crippen molar-refractivity contribution in [3.05, 3.63) is 0 Å². The summed E-state index contributed by atoms with van der Waals surface area (Å²) in [7, 11) is -9.93. The number of phosphoric acid groups is 2. The molecule has 0 aromatic carbocycles. The van der Waals surface area contributed by atoms with Crippen LogP contribution in [-0.4, -0.2) is 96.7 Å². The molecule has 0 saturated heterocycles. The van der Waals surface area contributed by atoms with E-state index in [1.807, 2.05) is 0 Å². The van der Waals surface area contributed by atoms with E-state index in [1.54, 1.807) is 0 Å². The van der Waals surface area contributed by atoms with E-state index in [9.17, 15) is 43.2 Å². The first-order valence-electron chi connectivity index (χ1n) is 43.3. The van der Waals surface area contributed by atoms with Crippen molar-refractivity contribution in [2.45, 2.75) is 458 Å². The molecule has 0 aromatic rings. The van der Waals surface area contributed by atoms with Crippen LogP contribution in [0.4, 0.5) is 0 Å². The number of aliphatic hydroxyl groups excluding tert-OH is 1. The number of carbonyl (C=O) groups is 4. The van der Waals surface area contributed by atoms with Gasteiger partial charge >= 0.3 is 39.5 Å². The molecule has 0 aliphatic heterocycles. The van der Waals surface area contributed by atoms with Crippen LogP contribution in [0.1, 0.15) is 440 Å². The summed E-state index contributed by atoms with van der Waals surface area (Å²) in [4.78, 5) is 73.1. The summed E-state index contributed by atoms with van der Waals surface area (Å²) in [6.07, 6.45) is 64.0. The van der Waals surface area contributed by atoms with Crippen LogP contribution in [0.3, 0.4) is 0 Å². The third-order valence-electron chi connectivity index (χ3n) is 19.6. The highest BCUT2D eigenvalue weighted by Crippen LogP contribution is 2.45. The maximum atomic E-state index is 13.1. The predicted molar refractivity (Wildman–Crippen MR) is 423 cm³/mol. The van der Waals surface area contributed by atoms with Gasteiger partial charge in [0.05, 0.1) is 26.4 Å². The molecule has 0 saturated carbocycles. The van der Waals surface area contributed by atoms with Crippen molar-refractivity contribution in [1.82, 2.24) is 0 Å². The molecule has 2 unspecified atom stereocenters. The van der Waals surface area contributed by atoms with E-state index in [0.29, 0.717) is 25.7 Å². The zero-order chi connectivity index (χ0) is 75.8. The Labute approximate surface area is 632 Å². The molecule has 103 heavy (non-hydrogen) atoms. The lowest BCUT2D eigenvalue weighted by molar-refractivity contribution is -0.161. The second kappa shape index (κ2) is 74.2. The van der Waals surface area contributed by atoms with Crippen molar-refractivity contribution in [2.75, 3.05) is 39.6 Å². The van der Waals surface area contributed by atoms with E-state index in [1.165, 1.54) is 250 Å². The van der Waals surface area contributed by atoms with Crippen LogP contribution in [-0.2, 0) is 65.4 Å². The Morgan fingerprint density at radius 2 is 0.447 bits per heavy atom. The van der Waals surface area contributed by atoms with Gasteiger partial charge in [0, 0.05) is 25.7 Å². The molecule has 0 aliphatic rings. The second-order valence-corrected chi connectivity index (χ2v) is 34.6. The van der Waals surface area contributed by atoms with Crippen LogP contribution in [0.2, 0.25) is 0 Å². The first-order chi connectivity index (χ1) is 49.7. The Morgan fingerprint density at radius 3 is 0.660 bits per heavy atom. The number of rotatable bonds is 82. The molecule has 0 bridgehead atoms. The third-order valence-corrected chi connectivity index (χ3v) is 21.5. The summed E-state index contributed by atoms with van der Waals surface area (Å²) in [5.41, 5.74) is 0. The fourth-order valence-corrected chi connectivity index (χ4v) is 14.6. The number of phosphoric ester groups is 2. The van der Waals surface area contributed by atoms with Crippen LogP contribution in [0, 0.1) is 17.8 Å². The lowest BCUT2D eigenvalue weighted by atomic mass is 10.0. The summed E-state index contributed by atoms with van der Waals surface area (Å²) < 4.78 is 68.8. The zero-order valence-corrected chi connectivity index (χ0v) is 69.6. The average Bonchev–Trinajstić information content (AvgIpc) is 0.910. The maximum absolute atomic E-state index is 13.1. The van der Waals surface area contributed by atoms with Gasteiger partial charge in [-0.05, 0) is 43.4 Å². The molecule has 17 nitrogen and oxygen atoms in total. The van der Waals surface area contributed by atoms with Gasteiger partial charge in [-0.2, -0.15) is 0 Å². The van der Waals surface area contributed by atoms with Gasteiger partial charge in [0.15, 0.2) is 12.2 Å². The van der Waals surface area contributed by atoms with Gasteiger partial charge in [-0.3, -0.25) is 37.3 Å². The molecule has 0 heterocycles. The monoisotopic (exact) mass is 1510 g/mol. The van der Waals surface area contributed by atoms with E-state index in [-0.39, 0.29) is 25.7 Å². The van der Waals surface area contributed by atoms with Gasteiger partial charge in [0.2, 0.25) is 0 Å². The molecule has 5 atom stereocenters. The van der Waals surface area contributed by atoms with Gasteiger partial charge in [-0.25, -0.2) is 9.13 Å². The Balaban J connectivity index is 5.23. The van der Waals surface area contributed by atoms with Crippen LogP contribution in [0.15, 0.2) is 0 Å². The minimum atomic E-state index is -4.96. The fraction of sp³-hybridized carbons (Fsp3) is 0.952. The predicted octanol–water partition coefficient (Wildman–Crippen LogP) is 25.3. The Morgan fingerprint density at radius 1 is 0.262 bits per heavy atom. The molecular formula is C84H164O17P2. The molecule has 3 N–H and O–H groups in total. The molecule has 0 spiro atoms. The second-order valence-electron chi connectivity index (χ2n) is 31.6. The van der Waals surface area contributed by atoms with Crippen molar-refractivity contribution in [1.29, 1.82) is 0 Å². The normalized spacial score (nSPS) is 13.9. The highest BCUT2D eigenvalue weighted by Gasteiger charge is 2.30. The topological polar surface area (TPSA) is 237 Å². The Bertz CT molecular complexity index is 1990. The maximum Gasteiger partial charge on any atom is 0.472 e. The van der Waals surface area contributed by atoms with E-state index >= 15 is 0 Å². The number of esters is 4. The third kappa shape index (κ3) is 78.0. The number of aliphatic hydroxyl groups is 1. The van der Waals surface area contributed by atoms with Crippen LogP contribution >= 0.6 is 15.6 Å². The highest BCUT2D eigenvalue weighted by molar-refractivity contribution is 7.47. The van der Waals surface area contributed by atoms with Crippen molar-refractivity contribution in [3.63, 3.8) is 0 Å². The average molecular weight is 1510 g/mol. The van der Waals surface area contributed by atoms with Crippen molar-refractivity contribution >= 4 is 39.5 Å². The lowest BCUT2D eigenvalue weighted by Crippen LogP contribution is -2.30. The number of hydrogen-bond donors (Lipinski definition) is 3. The molecular weight excluding hydrogens is 1340 g/mol.